The van der Waals surface area contributed by atoms with Gasteiger partial charge < -0.3 is 14.2 Å². The zero-order chi connectivity index (χ0) is 34.6. The third-order valence-electron chi connectivity index (χ3n) is 10.7. The Morgan fingerprint density at radius 2 is 0.830 bits per heavy atom. The van der Waals surface area contributed by atoms with Gasteiger partial charge >= 0.3 is 0 Å². The molecule has 0 N–H and O–H groups in total. The van der Waals surface area contributed by atoms with Crippen LogP contribution in [0.4, 0.5) is 34.1 Å². The first-order valence-corrected chi connectivity index (χ1v) is 19.5. The van der Waals surface area contributed by atoms with E-state index in [0.717, 1.165) is 61.6 Å². The lowest BCUT2D eigenvalue weighted by Gasteiger charge is -2.29. The molecule has 3 aromatic heterocycles. The minimum Gasteiger partial charge on any atom is -0.456 e. The van der Waals surface area contributed by atoms with Gasteiger partial charge in [0.05, 0.1) is 22.1 Å². The predicted molar refractivity (Wildman–Crippen MR) is 228 cm³/mol. The summed E-state index contributed by atoms with van der Waals surface area (Å²) in [5.41, 5.74) is 10.6. The molecule has 0 aliphatic carbocycles. The molecule has 0 radical (unpaired) electrons. The number of thiophene rings is 2. The van der Waals surface area contributed by atoms with E-state index in [9.17, 15) is 0 Å². The summed E-state index contributed by atoms with van der Waals surface area (Å²) in [6.07, 6.45) is 0. The summed E-state index contributed by atoms with van der Waals surface area (Å²) < 4.78 is 11.9. The van der Waals surface area contributed by atoms with Crippen LogP contribution >= 0.6 is 22.7 Å². The van der Waals surface area contributed by atoms with Gasteiger partial charge in [0, 0.05) is 63.1 Å². The highest BCUT2D eigenvalue weighted by atomic mass is 32.1. The van der Waals surface area contributed by atoms with Crippen molar-refractivity contribution in [2.45, 2.75) is 0 Å². The van der Waals surface area contributed by atoms with Crippen LogP contribution in [0.5, 0.6) is 0 Å². The van der Waals surface area contributed by atoms with Crippen LogP contribution in [0.3, 0.4) is 0 Å². The van der Waals surface area contributed by atoms with Gasteiger partial charge in [0.1, 0.15) is 11.2 Å². The molecule has 0 spiro atoms. The summed E-state index contributed by atoms with van der Waals surface area (Å²) in [5, 5.41) is 7.31. The van der Waals surface area contributed by atoms with Gasteiger partial charge in [-0.2, -0.15) is 0 Å². The van der Waals surface area contributed by atoms with Gasteiger partial charge in [-0.05, 0) is 102 Å². The van der Waals surface area contributed by atoms with Gasteiger partial charge in [-0.1, -0.05) is 78.9 Å². The second-order valence-corrected chi connectivity index (χ2v) is 15.9. The molecule has 0 amide bonds. The van der Waals surface area contributed by atoms with E-state index in [2.05, 4.69) is 180 Å². The Labute approximate surface area is 312 Å². The highest BCUT2D eigenvalue weighted by molar-refractivity contribution is 7.26. The standard InChI is InChI=1S/C48H28N2OS2/c1-2-10-29(11-3-1)30-24-33-26-34(25-30)50(32-21-23-46-38(28-32)36-13-5-7-19-44(36)53-46)40-15-9-17-42-48(40)47-39(14-8-16-41(47)51-42)49(33)31-20-22-45-37(27-31)35-12-4-6-18-43(35)52-45/h1-28H. The van der Waals surface area contributed by atoms with Crippen LogP contribution in [0.25, 0.3) is 73.4 Å². The smallest absolute Gasteiger partial charge is 0.137 e. The molecule has 11 aromatic rings. The Hall–Kier alpha value is -6.40. The van der Waals surface area contributed by atoms with Crippen LogP contribution in [0.1, 0.15) is 0 Å². The van der Waals surface area contributed by atoms with E-state index < -0.39 is 0 Å². The van der Waals surface area contributed by atoms with Crippen molar-refractivity contribution in [3.63, 3.8) is 0 Å². The Bertz CT molecular complexity index is 3070. The molecule has 53 heavy (non-hydrogen) atoms. The van der Waals surface area contributed by atoms with Gasteiger partial charge in [-0.25, -0.2) is 0 Å². The van der Waals surface area contributed by atoms with E-state index in [-0.39, 0.29) is 0 Å². The maximum atomic E-state index is 6.71. The summed E-state index contributed by atoms with van der Waals surface area (Å²) in [7, 11) is 0. The topological polar surface area (TPSA) is 19.6 Å². The highest BCUT2D eigenvalue weighted by Gasteiger charge is 2.28. The molecule has 3 nitrogen and oxygen atoms in total. The molecule has 8 aromatic carbocycles. The molecule has 0 saturated heterocycles. The van der Waals surface area contributed by atoms with Crippen molar-refractivity contribution in [3.8, 4) is 11.1 Å². The summed E-state index contributed by atoms with van der Waals surface area (Å²) in [4.78, 5) is 4.88. The van der Waals surface area contributed by atoms with Crippen molar-refractivity contribution < 1.29 is 4.42 Å². The van der Waals surface area contributed by atoms with E-state index in [1.165, 1.54) is 45.9 Å². The molecule has 1 aliphatic heterocycles. The zero-order valence-electron chi connectivity index (χ0n) is 28.3. The van der Waals surface area contributed by atoms with Crippen molar-refractivity contribution in [1.82, 2.24) is 0 Å². The molecule has 12 rings (SSSR count). The van der Waals surface area contributed by atoms with Gasteiger partial charge in [0.2, 0.25) is 0 Å². The van der Waals surface area contributed by atoms with E-state index in [1.807, 2.05) is 22.7 Å². The lowest BCUT2D eigenvalue weighted by atomic mass is 10.0. The average molecular weight is 713 g/mol. The number of hydrogen-bond donors (Lipinski definition) is 0. The fourth-order valence-corrected chi connectivity index (χ4v) is 10.6. The Balaban J connectivity index is 1.21. The molecule has 4 heterocycles. The number of furan rings is 1. The first-order chi connectivity index (χ1) is 26.2. The highest BCUT2D eigenvalue weighted by Crippen LogP contribution is 2.52. The number of nitrogens with zero attached hydrogens (tertiary/aromatic N) is 2. The lowest BCUT2D eigenvalue weighted by molar-refractivity contribution is 0.669. The third-order valence-corrected chi connectivity index (χ3v) is 13.0. The van der Waals surface area contributed by atoms with Crippen molar-refractivity contribution in [2.75, 3.05) is 9.80 Å². The van der Waals surface area contributed by atoms with Crippen LogP contribution in [0.15, 0.2) is 174 Å². The molecule has 1 aliphatic rings. The largest absolute Gasteiger partial charge is 0.456 e. The van der Waals surface area contributed by atoms with Gasteiger partial charge in [0.25, 0.3) is 0 Å². The Morgan fingerprint density at radius 3 is 1.38 bits per heavy atom. The van der Waals surface area contributed by atoms with Crippen LogP contribution < -0.4 is 9.80 Å². The van der Waals surface area contributed by atoms with Crippen LogP contribution in [-0.2, 0) is 0 Å². The molecule has 0 fully saturated rings. The fourth-order valence-electron chi connectivity index (χ4n) is 8.41. The van der Waals surface area contributed by atoms with E-state index in [1.54, 1.807) is 0 Å². The summed E-state index contributed by atoms with van der Waals surface area (Å²) >= 11 is 3.70. The summed E-state index contributed by atoms with van der Waals surface area (Å²) in [6, 6.07) is 62.1. The van der Waals surface area contributed by atoms with Crippen LogP contribution in [0.2, 0.25) is 0 Å². The van der Waals surface area contributed by atoms with E-state index >= 15 is 0 Å². The van der Waals surface area contributed by atoms with Crippen molar-refractivity contribution in [1.29, 1.82) is 0 Å². The Kier molecular flexibility index (Phi) is 6.09. The third kappa shape index (κ3) is 4.32. The predicted octanol–water partition coefficient (Wildman–Crippen LogP) is 15.2. The number of fused-ring (bicyclic) bond motifs is 8. The first-order valence-electron chi connectivity index (χ1n) is 17.8. The number of rotatable bonds is 3. The minimum absolute atomic E-state index is 0.870. The normalized spacial score (nSPS) is 12.8. The van der Waals surface area contributed by atoms with Crippen LogP contribution in [0, 0.1) is 0 Å². The van der Waals surface area contributed by atoms with E-state index in [4.69, 9.17) is 4.42 Å². The number of anilines is 6. The maximum Gasteiger partial charge on any atom is 0.137 e. The molecular weight excluding hydrogens is 685 g/mol. The number of benzene rings is 8. The van der Waals surface area contributed by atoms with Crippen LogP contribution in [-0.4, -0.2) is 0 Å². The SMILES string of the molecule is c1ccc(-c2cc3cc(c2)N(c2ccc4sc5ccccc5c4c2)c2cccc4oc5cccc(c5c24)N3c2ccc3sc4ccccc4c3c2)cc1. The Morgan fingerprint density at radius 1 is 0.340 bits per heavy atom. The lowest BCUT2D eigenvalue weighted by Crippen LogP contribution is -2.12. The maximum absolute atomic E-state index is 6.71. The molecular formula is C48H28N2OS2. The summed E-state index contributed by atoms with van der Waals surface area (Å²) in [6.45, 7) is 0. The monoisotopic (exact) mass is 712 g/mol. The van der Waals surface area contributed by atoms with Gasteiger partial charge in [0.15, 0.2) is 0 Å². The first kappa shape index (κ1) is 29.2. The molecule has 0 unspecified atom stereocenters. The second-order valence-electron chi connectivity index (χ2n) is 13.7. The minimum atomic E-state index is 0.870. The number of hydrogen-bond acceptors (Lipinski definition) is 5. The average Bonchev–Trinajstić information content (AvgIpc) is 3.90. The van der Waals surface area contributed by atoms with Gasteiger partial charge in [-0.15, -0.1) is 22.7 Å². The van der Waals surface area contributed by atoms with Crippen molar-refractivity contribution >= 4 is 119 Å². The molecule has 0 saturated carbocycles. The zero-order valence-corrected chi connectivity index (χ0v) is 29.9. The molecule has 5 heteroatoms. The summed E-state index contributed by atoms with van der Waals surface area (Å²) in [5.74, 6) is 0. The quantitative estimate of drug-likeness (QED) is 0.182. The van der Waals surface area contributed by atoms with Gasteiger partial charge in [-0.3, -0.25) is 0 Å². The van der Waals surface area contributed by atoms with Crippen molar-refractivity contribution in [3.05, 3.63) is 170 Å². The van der Waals surface area contributed by atoms with E-state index in [0.29, 0.717) is 0 Å². The second kappa shape index (κ2) is 11.1. The molecule has 0 atom stereocenters. The molecule has 248 valence electrons. The van der Waals surface area contributed by atoms with Crippen molar-refractivity contribution in [2.24, 2.45) is 0 Å². The molecule has 2 bridgehead atoms. The fraction of sp³-hybridized carbons (Fsp3) is 0.